The zero-order valence-electron chi connectivity index (χ0n) is 12.9. The van der Waals surface area contributed by atoms with Gasteiger partial charge in [-0.3, -0.25) is 0 Å². The first kappa shape index (κ1) is 18.0. The summed E-state index contributed by atoms with van der Waals surface area (Å²) in [7, 11) is 0.319. The topological polar surface area (TPSA) is 40.6 Å². The number of likely N-dealkylation sites (tertiary alicyclic amines) is 1. The van der Waals surface area contributed by atoms with Crippen LogP contribution in [0.15, 0.2) is 18.2 Å². The lowest BCUT2D eigenvalue weighted by Gasteiger charge is -2.34. The van der Waals surface area contributed by atoms with Crippen LogP contribution < -0.4 is 0 Å². The van der Waals surface area contributed by atoms with Gasteiger partial charge in [-0.1, -0.05) is 29.6 Å². The summed E-state index contributed by atoms with van der Waals surface area (Å²) in [5, 5.41) is 0.903. The number of nitrogens with zero attached hydrogens (tertiary/aromatic N) is 2. The Labute approximate surface area is 143 Å². The summed E-state index contributed by atoms with van der Waals surface area (Å²) in [6.07, 6.45) is 3.39. The molecule has 1 aliphatic heterocycles. The fourth-order valence-electron chi connectivity index (χ4n) is 2.80. The molecule has 0 radical (unpaired) electrons. The lowest BCUT2D eigenvalue weighted by Crippen LogP contribution is -2.45. The van der Waals surface area contributed by atoms with Crippen LogP contribution in [0.25, 0.3) is 0 Å². The quantitative estimate of drug-likeness (QED) is 0.804. The number of sulfonamides is 1. The molecule has 0 N–H and O–H groups in total. The van der Waals surface area contributed by atoms with Crippen LogP contribution in [0, 0.1) is 0 Å². The Kier molecular flexibility index (Phi) is 6.14. The molecule has 1 aromatic rings. The Balaban J connectivity index is 2.05. The molecule has 1 saturated heterocycles. The molecule has 2 rings (SSSR count). The maximum Gasteiger partial charge on any atom is 0.218 e. The molecule has 1 heterocycles. The summed E-state index contributed by atoms with van der Waals surface area (Å²) in [5.74, 6) is -0.0831. The van der Waals surface area contributed by atoms with E-state index < -0.39 is 10.0 Å². The summed E-state index contributed by atoms with van der Waals surface area (Å²) >= 11 is 11.9. The van der Waals surface area contributed by atoms with Gasteiger partial charge in [0.2, 0.25) is 10.0 Å². The fourth-order valence-corrected chi connectivity index (χ4v) is 4.58. The molecule has 7 heteroatoms. The highest BCUT2D eigenvalue weighted by molar-refractivity contribution is 7.88. The number of likely N-dealkylation sites (N-methyl/N-ethyl adjacent to an activating group) is 2. The number of rotatable bonds is 5. The van der Waals surface area contributed by atoms with E-state index >= 15 is 0 Å². The number of benzene rings is 1. The predicted octanol–water partition coefficient (Wildman–Crippen LogP) is 3.24. The predicted molar refractivity (Wildman–Crippen MR) is 92.0 cm³/mol. The van der Waals surface area contributed by atoms with Crippen LogP contribution in [0.3, 0.4) is 0 Å². The maximum absolute atomic E-state index is 12.5. The van der Waals surface area contributed by atoms with Gasteiger partial charge >= 0.3 is 0 Å². The van der Waals surface area contributed by atoms with Crippen molar-refractivity contribution < 1.29 is 8.42 Å². The molecule has 0 bridgehead atoms. The van der Waals surface area contributed by atoms with Gasteiger partial charge < -0.3 is 4.90 Å². The number of halogens is 2. The summed E-state index contributed by atoms with van der Waals surface area (Å²) in [4.78, 5) is 2.24. The summed E-state index contributed by atoms with van der Waals surface area (Å²) in [6.45, 7) is 1.55. The lowest BCUT2D eigenvalue weighted by atomic mass is 10.0. The molecule has 0 amide bonds. The average Bonchev–Trinajstić information content (AvgIpc) is 2.39. The SMILES string of the molecule is CN1CCCCC1CN(C)S(=O)(=O)Cc1cc(Cl)cc(Cl)c1. The average molecular weight is 365 g/mol. The van der Waals surface area contributed by atoms with Crippen LogP contribution in [-0.4, -0.2) is 50.8 Å². The standard InChI is InChI=1S/C15H22Cl2N2O2S/c1-18-6-4-3-5-15(18)10-19(2)22(20,21)11-12-7-13(16)9-14(17)8-12/h7-9,15H,3-6,10-11H2,1-2H3. The highest BCUT2D eigenvalue weighted by Crippen LogP contribution is 2.22. The minimum atomic E-state index is -3.38. The highest BCUT2D eigenvalue weighted by Gasteiger charge is 2.26. The Morgan fingerprint density at radius 3 is 2.45 bits per heavy atom. The van der Waals surface area contributed by atoms with Crippen molar-refractivity contribution in [1.82, 2.24) is 9.21 Å². The van der Waals surface area contributed by atoms with Gasteiger partial charge in [0.15, 0.2) is 0 Å². The van der Waals surface area contributed by atoms with Gasteiger partial charge in [-0.25, -0.2) is 12.7 Å². The Bertz CT molecular complexity index is 602. The van der Waals surface area contributed by atoms with Gasteiger partial charge in [0.05, 0.1) is 5.75 Å². The van der Waals surface area contributed by atoms with Crippen molar-refractivity contribution in [2.24, 2.45) is 0 Å². The molecule has 4 nitrogen and oxygen atoms in total. The first-order valence-electron chi connectivity index (χ1n) is 7.37. The van der Waals surface area contributed by atoms with Gasteiger partial charge in [0.1, 0.15) is 0 Å². The first-order valence-corrected chi connectivity index (χ1v) is 9.73. The highest BCUT2D eigenvalue weighted by atomic mass is 35.5. The van der Waals surface area contributed by atoms with Gasteiger partial charge in [0, 0.05) is 29.7 Å². The lowest BCUT2D eigenvalue weighted by molar-refractivity contribution is 0.166. The zero-order valence-corrected chi connectivity index (χ0v) is 15.3. The van der Waals surface area contributed by atoms with Gasteiger partial charge in [0.25, 0.3) is 0 Å². The molecule has 1 atom stereocenters. The van der Waals surface area contributed by atoms with Crippen LogP contribution in [0.1, 0.15) is 24.8 Å². The van der Waals surface area contributed by atoms with Crippen molar-refractivity contribution >= 4 is 33.2 Å². The maximum atomic E-state index is 12.5. The second kappa shape index (κ2) is 7.49. The van der Waals surface area contributed by atoms with Crippen molar-refractivity contribution in [2.75, 3.05) is 27.2 Å². The van der Waals surface area contributed by atoms with Crippen LogP contribution in [0.4, 0.5) is 0 Å². The first-order chi connectivity index (χ1) is 10.3. The molecule has 1 aliphatic rings. The van der Waals surface area contributed by atoms with Crippen molar-refractivity contribution in [3.8, 4) is 0 Å². The Morgan fingerprint density at radius 2 is 1.86 bits per heavy atom. The molecule has 0 aliphatic carbocycles. The minimum absolute atomic E-state index is 0.0831. The van der Waals surface area contributed by atoms with E-state index in [4.69, 9.17) is 23.2 Å². The van der Waals surface area contributed by atoms with Crippen molar-refractivity contribution in [2.45, 2.75) is 31.1 Å². The van der Waals surface area contributed by atoms with Crippen LogP contribution in [0.2, 0.25) is 10.0 Å². The van der Waals surface area contributed by atoms with E-state index in [2.05, 4.69) is 11.9 Å². The second-order valence-corrected chi connectivity index (χ2v) is 8.89. The zero-order chi connectivity index (χ0) is 16.3. The van der Waals surface area contributed by atoms with Crippen LogP contribution in [0.5, 0.6) is 0 Å². The Morgan fingerprint density at radius 1 is 1.23 bits per heavy atom. The van der Waals surface area contributed by atoms with E-state index in [1.54, 1.807) is 25.2 Å². The third-order valence-corrected chi connectivity index (χ3v) is 6.37. The van der Waals surface area contributed by atoms with E-state index in [0.717, 1.165) is 19.4 Å². The van der Waals surface area contributed by atoms with Gasteiger partial charge in [-0.05, 0) is 50.2 Å². The fraction of sp³-hybridized carbons (Fsp3) is 0.600. The molecule has 1 aromatic carbocycles. The van der Waals surface area contributed by atoms with E-state index in [1.165, 1.54) is 10.7 Å². The van der Waals surface area contributed by atoms with Crippen LogP contribution in [-0.2, 0) is 15.8 Å². The molecular formula is C15H22Cl2N2O2S. The monoisotopic (exact) mass is 364 g/mol. The molecule has 1 fully saturated rings. The summed E-state index contributed by atoms with van der Waals surface area (Å²) < 4.78 is 26.5. The third kappa shape index (κ3) is 4.83. The molecule has 0 aromatic heterocycles. The van der Waals surface area contributed by atoms with E-state index in [0.29, 0.717) is 22.2 Å². The molecule has 22 heavy (non-hydrogen) atoms. The largest absolute Gasteiger partial charge is 0.302 e. The molecule has 124 valence electrons. The van der Waals surface area contributed by atoms with E-state index in [9.17, 15) is 8.42 Å². The van der Waals surface area contributed by atoms with Gasteiger partial charge in [-0.15, -0.1) is 0 Å². The normalized spacial score (nSPS) is 20.5. The van der Waals surface area contributed by atoms with Crippen LogP contribution >= 0.6 is 23.2 Å². The summed E-state index contributed by atoms with van der Waals surface area (Å²) in [6, 6.07) is 5.17. The molecule has 0 saturated carbocycles. The van der Waals surface area contributed by atoms with E-state index in [-0.39, 0.29) is 11.8 Å². The molecule has 1 unspecified atom stereocenters. The third-order valence-electron chi connectivity index (χ3n) is 4.14. The number of hydrogen-bond donors (Lipinski definition) is 0. The van der Waals surface area contributed by atoms with E-state index in [1.807, 2.05) is 0 Å². The number of hydrogen-bond acceptors (Lipinski definition) is 3. The number of piperidine rings is 1. The Hall–Kier alpha value is -0.330. The van der Waals surface area contributed by atoms with Crippen molar-refractivity contribution in [3.05, 3.63) is 33.8 Å². The smallest absolute Gasteiger partial charge is 0.218 e. The minimum Gasteiger partial charge on any atom is -0.302 e. The molecular weight excluding hydrogens is 343 g/mol. The summed E-state index contributed by atoms with van der Waals surface area (Å²) in [5.41, 5.74) is 0.612. The van der Waals surface area contributed by atoms with Gasteiger partial charge in [-0.2, -0.15) is 0 Å². The van der Waals surface area contributed by atoms with Crippen molar-refractivity contribution in [3.63, 3.8) is 0 Å². The second-order valence-electron chi connectivity index (χ2n) is 5.94. The van der Waals surface area contributed by atoms with Crippen molar-refractivity contribution in [1.29, 1.82) is 0 Å². The molecule has 0 spiro atoms.